The first kappa shape index (κ1) is 14.0. The van der Waals surface area contributed by atoms with Crippen LogP contribution in [0, 0.1) is 17.8 Å². The highest BCUT2D eigenvalue weighted by Crippen LogP contribution is 2.48. The molecule has 0 heterocycles. The SMILES string of the molecule is O=S(=O)(Cc1ccccc1)NC1C2CCC(C2)C1CO. The summed E-state index contributed by atoms with van der Waals surface area (Å²) in [7, 11) is -3.34. The lowest BCUT2D eigenvalue weighted by Crippen LogP contribution is -2.45. The summed E-state index contributed by atoms with van der Waals surface area (Å²) in [6, 6.07) is 9.14. The van der Waals surface area contributed by atoms with E-state index < -0.39 is 10.0 Å². The summed E-state index contributed by atoms with van der Waals surface area (Å²) in [5.41, 5.74) is 0.795. The van der Waals surface area contributed by atoms with Gasteiger partial charge in [-0.3, -0.25) is 0 Å². The third-order valence-corrected chi connectivity index (χ3v) is 6.16. The fourth-order valence-electron chi connectivity index (χ4n) is 3.90. The predicted molar refractivity (Wildman–Crippen MR) is 77.4 cm³/mol. The number of fused-ring (bicyclic) bond motifs is 2. The lowest BCUT2D eigenvalue weighted by atomic mass is 9.86. The number of nitrogens with one attached hydrogen (secondary N) is 1. The van der Waals surface area contributed by atoms with Crippen LogP contribution in [0.2, 0.25) is 0 Å². The number of aliphatic hydroxyl groups excluding tert-OH is 1. The van der Waals surface area contributed by atoms with E-state index in [4.69, 9.17) is 0 Å². The van der Waals surface area contributed by atoms with E-state index in [1.165, 1.54) is 0 Å². The van der Waals surface area contributed by atoms with Gasteiger partial charge in [-0.1, -0.05) is 30.3 Å². The first-order chi connectivity index (χ1) is 9.59. The van der Waals surface area contributed by atoms with Crippen molar-refractivity contribution in [2.75, 3.05) is 6.61 Å². The quantitative estimate of drug-likeness (QED) is 0.865. The molecule has 2 aliphatic carbocycles. The molecule has 2 bridgehead atoms. The number of rotatable bonds is 5. The smallest absolute Gasteiger partial charge is 0.216 e. The summed E-state index contributed by atoms with van der Waals surface area (Å²) in [5.74, 6) is 1.01. The van der Waals surface area contributed by atoms with Crippen LogP contribution in [0.25, 0.3) is 0 Å². The van der Waals surface area contributed by atoms with Gasteiger partial charge in [0.25, 0.3) is 0 Å². The van der Waals surface area contributed by atoms with Gasteiger partial charge < -0.3 is 5.11 Å². The first-order valence-corrected chi connectivity index (χ1v) is 8.89. The zero-order valence-electron chi connectivity index (χ0n) is 11.4. The number of hydrogen-bond acceptors (Lipinski definition) is 3. The molecule has 0 amide bonds. The molecule has 0 saturated heterocycles. The highest BCUT2D eigenvalue weighted by molar-refractivity contribution is 7.88. The van der Waals surface area contributed by atoms with Crippen LogP contribution in [0.1, 0.15) is 24.8 Å². The zero-order chi connectivity index (χ0) is 14.2. The number of hydrogen-bond donors (Lipinski definition) is 2. The molecule has 1 aromatic carbocycles. The monoisotopic (exact) mass is 295 g/mol. The van der Waals surface area contributed by atoms with Crippen LogP contribution in [-0.4, -0.2) is 26.2 Å². The molecule has 4 atom stereocenters. The lowest BCUT2D eigenvalue weighted by Gasteiger charge is -2.30. The largest absolute Gasteiger partial charge is 0.396 e. The van der Waals surface area contributed by atoms with E-state index in [2.05, 4.69) is 4.72 Å². The van der Waals surface area contributed by atoms with Crippen LogP contribution in [-0.2, 0) is 15.8 Å². The lowest BCUT2D eigenvalue weighted by molar-refractivity contribution is 0.153. The van der Waals surface area contributed by atoms with Crippen LogP contribution in [0.4, 0.5) is 0 Å². The molecule has 0 spiro atoms. The Bertz CT molecular complexity index is 558. The van der Waals surface area contributed by atoms with Gasteiger partial charge in [-0.15, -0.1) is 0 Å². The maximum atomic E-state index is 12.3. The van der Waals surface area contributed by atoms with Gasteiger partial charge >= 0.3 is 0 Å². The molecule has 3 rings (SSSR count). The van der Waals surface area contributed by atoms with Crippen LogP contribution >= 0.6 is 0 Å². The van der Waals surface area contributed by atoms with Crippen molar-refractivity contribution in [2.45, 2.75) is 31.1 Å². The predicted octanol–water partition coefficient (Wildman–Crippen LogP) is 1.51. The Morgan fingerprint density at radius 3 is 2.55 bits per heavy atom. The minimum absolute atomic E-state index is 0.0138. The molecule has 2 saturated carbocycles. The molecule has 1 aromatic rings. The Morgan fingerprint density at radius 2 is 1.85 bits per heavy atom. The summed E-state index contributed by atoms with van der Waals surface area (Å²) in [4.78, 5) is 0. The molecule has 4 nitrogen and oxygen atoms in total. The van der Waals surface area contributed by atoms with Crippen LogP contribution < -0.4 is 4.72 Å². The van der Waals surface area contributed by atoms with E-state index in [1.807, 2.05) is 30.3 Å². The molecule has 20 heavy (non-hydrogen) atoms. The molecule has 2 aliphatic rings. The Morgan fingerprint density at radius 1 is 1.15 bits per heavy atom. The average Bonchev–Trinajstić information content (AvgIpc) is 2.99. The standard InChI is InChI=1S/C15H21NO3S/c17-9-14-12-6-7-13(8-12)15(14)16-20(18,19)10-11-4-2-1-3-5-11/h1-5,12-17H,6-10H2. The summed E-state index contributed by atoms with van der Waals surface area (Å²) in [5, 5.41) is 9.51. The summed E-state index contributed by atoms with van der Waals surface area (Å²) in [6.45, 7) is 0.0830. The van der Waals surface area contributed by atoms with E-state index in [0.29, 0.717) is 11.8 Å². The summed E-state index contributed by atoms with van der Waals surface area (Å²) < 4.78 is 27.5. The van der Waals surface area contributed by atoms with Crippen LogP contribution in [0.3, 0.4) is 0 Å². The minimum atomic E-state index is -3.34. The second kappa shape index (κ2) is 5.47. The van der Waals surface area contributed by atoms with Crippen molar-refractivity contribution in [1.29, 1.82) is 0 Å². The molecule has 110 valence electrons. The van der Waals surface area contributed by atoms with Crippen molar-refractivity contribution in [1.82, 2.24) is 4.72 Å². The number of aliphatic hydroxyl groups is 1. The van der Waals surface area contributed by atoms with Crippen LogP contribution in [0.15, 0.2) is 30.3 Å². The van der Waals surface area contributed by atoms with Crippen molar-refractivity contribution in [2.24, 2.45) is 17.8 Å². The normalized spacial score (nSPS) is 32.6. The van der Waals surface area contributed by atoms with Crippen molar-refractivity contribution in [3.63, 3.8) is 0 Å². The Hall–Kier alpha value is -0.910. The Kier molecular flexibility index (Phi) is 3.84. The van der Waals surface area contributed by atoms with Gasteiger partial charge in [0.15, 0.2) is 0 Å². The highest BCUT2D eigenvalue weighted by atomic mass is 32.2. The van der Waals surface area contributed by atoms with E-state index >= 15 is 0 Å². The summed E-state index contributed by atoms with van der Waals surface area (Å²) in [6.07, 6.45) is 3.27. The third kappa shape index (κ3) is 2.75. The molecule has 0 aliphatic heterocycles. The Labute approximate surface area is 120 Å². The van der Waals surface area contributed by atoms with E-state index in [-0.39, 0.29) is 24.3 Å². The number of sulfonamides is 1. The molecule has 0 radical (unpaired) electrons. The van der Waals surface area contributed by atoms with Gasteiger partial charge in [0, 0.05) is 18.6 Å². The molecule has 5 heteroatoms. The molecular formula is C15H21NO3S. The summed E-state index contributed by atoms with van der Waals surface area (Å²) >= 11 is 0. The molecular weight excluding hydrogens is 274 g/mol. The second-order valence-electron chi connectivity index (χ2n) is 6.07. The van der Waals surface area contributed by atoms with E-state index in [9.17, 15) is 13.5 Å². The maximum Gasteiger partial charge on any atom is 0.216 e. The minimum Gasteiger partial charge on any atom is -0.396 e. The van der Waals surface area contributed by atoms with E-state index in [0.717, 1.165) is 24.8 Å². The fraction of sp³-hybridized carbons (Fsp3) is 0.600. The molecule has 2 N–H and O–H groups in total. The van der Waals surface area contributed by atoms with Gasteiger partial charge in [-0.2, -0.15) is 0 Å². The third-order valence-electron chi connectivity index (χ3n) is 4.81. The molecule has 4 unspecified atom stereocenters. The van der Waals surface area contributed by atoms with Gasteiger partial charge in [0.05, 0.1) is 5.75 Å². The maximum absolute atomic E-state index is 12.3. The van der Waals surface area contributed by atoms with E-state index in [1.54, 1.807) is 0 Å². The average molecular weight is 295 g/mol. The van der Waals surface area contributed by atoms with Crippen molar-refractivity contribution >= 4 is 10.0 Å². The van der Waals surface area contributed by atoms with Gasteiger partial charge in [0.2, 0.25) is 10.0 Å². The topological polar surface area (TPSA) is 66.4 Å². The van der Waals surface area contributed by atoms with Crippen molar-refractivity contribution < 1.29 is 13.5 Å². The number of benzene rings is 1. The van der Waals surface area contributed by atoms with Gasteiger partial charge in [-0.25, -0.2) is 13.1 Å². The van der Waals surface area contributed by atoms with Gasteiger partial charge in [-0.05, 0) is 36.7 Å². The van der Waals surface area contributed by atoms with Crippen LogP contribution in [0.5, 0.6) is 0 Å². The zero-order valence-corrected chi connectivity index (χ0v) is 12.2. The Balaban J connectivity index is 1.70. The fourth-order valence-corrected chi connectivity index (χ4v) is 5.40. The molecule has 0 aromatic heterocycles. The van der Waals surface area contributed by atoms with Crippen molar-refractivity contribution in [3.8, 4) is 0 Å². The first-order valence-electron chi connectivity index (χ1n) is 7.24. The van der Waals surface area contributed by atoms with Crippen molar-refractivity contribution in [3.05, 3.63) is 35.9 Å². The molecule has 2 fully saturated rings. The highest BCUT2D eigenvalue weighted by Gasteiger charge is 2.48. The van der Waals surface area contributed by atoms with Gasteiger partial charge in [0.1, 0.15) is 0 Å². The second-order valence-corrected chi connectivity index (χ2v) is 7.82.